The Labute approximate surface area is 193 Å². The second-order valence-electron chi connectivity index (χ2n) is 8.65. The maximum absolute atomic E-state index is 14.4. The third kappa shape index (κ3) is 4.43. The van der Waals surface area contributed by atoms with Crippen molar-refractivity contribution < 1.29 is 18.6 Å². The smallest absolute Gasteiger partial charge is 0.143 e. The second kappa shape index (κ2) is 9.08. The van der Waals surface area contributed by atoms with Crippen molar-refractivity contribution in [2.45, 2.75) is 45.4 Å². The van der Waals surface area contributed by atoms with Crippen LogP contribution in [0.3, 0.4) is 0 Å². The Morgan fingerprint density at radius 3 is 2.58 bits per heavy atom. The number of aliphatic hydroxyl groups is 1. The summed E-state index contributed by atoms with van der Waals surface area (Å²) >= 11 is 0. The summed E-state index contributed by atoms with van der Waals surface area (Å²) in [5.74, 6) is -0.537. The predicted molar refractivity (Wildman–Crippen MR) is 124 cm³/mol. The lowest BCUT2D eigenvalue weighted by molar-refractivity contribution is -0.0988. The highest BCUT2D eigenvalue weighted by Gasteiger charge is 2.40. The summed E-state index contributed by atoms with van der Waals surface area (Å²) in [4.78, 5) is 6.02. The van der Waals surface area contributed by atoms with E-state index in [1.54, 1.807) is 32.2 Å². The Balaban J connectivity index is 1.67. The molecule has 1 unspecified atom stereocenters. The number of rotatable bonds is 5. The lowest BCUT2D eigenvalue weighted by Gasteiger charge is -2.46. The van der Waals surface area contributed by atoms with Gasteiger partial charge in [-0.2, -0.15) is 0 Å². The first-order valence-corrected chi connectivity index (χ1v) is 11.1. The van der Waals surface area contributed by atoms with E-state index in [-0.39, 0.29) is 5.56 Å². The highest BCUT2D eigenvalue weighted by Crippen LogP contribution is 2.39. The van der Waals surface area contributed by atoms with E-state index < -0.39 is 23.4 Å². The van der Waals surface area contributed by atoms with E-state index >= 15 is 0 Å². The number of piperidine rings is 1. The Morgan fingerprint density at radius 1 is 1.21 bits per heavy atom. The van der Waals surface area contributed by atoms with Gasteiger partial charge in [0.05, 0.1) is 24.8 Å². The largest absolute Gasteiger partial charge is 0.495 e. The van der Waals surface area contributed by atoms with Crippen LogP contribution < -0.4 is 4.74 Å². The highest BCUT2D eigenvalue weighted by molar-refractivity contribution is 5.61. The predicted octanol–water partition coefficient (Wildman–Crippen LogP) is 5.42. The maximum Gasteiger partial charge on any atom is 0.143 e. The Kier molecular flexibility index (Phi) is 6.36. The average Bonchev–Trinajstić information content (AvgIpc) is 3.20. The van der Waals surface area contributed by atoms with Gasteiger partial charge in [0, 0.05) is 24.3 Å². The summed E-state index contributed by atoms with van der Waals surface area (Å²) in [5.41, 5.74) is 2.03. The number of imidazole rings is 1. The third-order valence-corrected chi connectivity index (χ3v) is 6.43. The van der Waals surface area contributed by atoms with Gasteiger partial charge in [0.1, 0.15) is 23.1 Å². The Morgan fingerprint density at radius 2 is 1.94 bits per heavy atom. The number of hydrogen-bond donors (Lipinski definition) is 1. The maximum atomic E-state index is 14.4. The molecule has 1 aliphatic rings. The summed E-state index contributed by atoms with van der Waals surface area (Å²) in [6.07, 6.45) is 7.04. The number of halogens is 2. The van der Waals surface area contributed by atoms with Crippen LogP contribution in [0.25, 0.3) is 11.8 Å². The molecular formula is C26H29F2N3O2. The molecule has 4 rings (SSSR count). The van der Waals surface area contributed by atoms with Crippen LogP contribution in [-0.2, 0) is 0 Å². The molecule has 1 fully saturated rings. The van der Waals surface area contributed by atoms with E-state index in [0.29, 0.717) is 18.7 Å². The van der Waals surface area contributed by atoms with Gasteiger partial charge in [-0.15, -0.1) is 0 Å². The van der Waals surface area contributed by atoms with E-state index in [0.717, 1.165) is 28.9 Å². The van der Waals surface area contributed by atoms with Crippen LogP contribution in [0.4, 0.5) is 8.78 Å². The standard InChI is InChI=1S/C26H29F2N3O2/c1-17-15-30(16-29-17)23-11-10-19(14-24(23)33-4)13-20-7-6-12-31(26(20,3)32)18(2)25-21(27)8-5-9-22(25)28/h5,8-11,13-16,18,32H,6-7,12H2,1-4H3/b20-13+/t18-,26?/m1/s1. The molecular weight excluding hydrogens is 424 g/mol. The van der Waals surface area contributed by atoms with Crippen LogP contribution in [0, 0.1) is 18.6 Å². The average molecular weight is 454 g/mol. The fourth-order valence-corrected chi connectivity index (χ4v) is 4.68. The third-order valence-electron chi connectivity index (χ3n) is 6.43. The van der Waals surface area contributed by atoms with E-state index in [4.69, 9.17) is 4.74 Å². The molecule has 0 aliphatic carbocycles. The molecule has 1 aliphatic heterocycles. The van der Waals surface area contributed by atoms with Crippen LogP contribution in [0.5, 0.6) is 5.75 Å². The van der Waals surface area contributed by atoms with Gasteiger partial charge in [0.25, 0.3) is 0 Å². The first-order valence-electron chi connectivity index (χ1n) is 11.1. The molecule has 1 saturated heterocycles. The fraction of sp³-hybridized carbons (Fsp3) is 0.346. The van der Waals surface area contributed by atoms with Crippen molar-refractivity contribution in [3.8, 4) is 11.4 Å². The van der Waals surface area contributed by atoms with Crippen LogP contribution in [-0.4, -0.2) is 38.9 Å². The van der Waals surface area contributed by atoms with Crippen LogP contribution in [0.2, 0.25) is 0 Å². The molecule has 1 N–H and O–H groups in total. The molecule has 5 nitrogen and oxygen atoms in total. The lowest BCUT2D eigenvalue weighted by atomic mass is 9.88. The molecule has 2 aromatic carbocycles. The van der Waals surface area contributed by atoms with E-state index in [9.17, 15) is 13.9 Å². The summed E-state index contributed by atoms with van der Waals surface area (Å²) in [6.45, 7) is 5.87. The number of ether oxygens (including phenoxy) is 1. The number of benzene rings is 2. The summed E-state index contributed by atoms with van der Waals surface area (Å²) in [5, 5.41) is 11.5. The number of nitrogens with zero attached hydrogens (tertiary/aromatic N) is 3. The van der Waals surface area contributed by atoms with Gasteiger partial charge < -0.3 is 14.4 Å². The van der Waals surface area contributed by atoms with Gasteiger partial charge in [-0.25, -0.2) is 13.8 Å². The van der Waals surface area contributed by atoms with Crippen molar-refractivity contribution in [1.82, 2.24) is 14.5 Å². The van der Waals surface area contributed by atoms with Crippen molar-refractivity contribution in [3.05, 3.63) is 83.0 Å². The summed E-state index contributed by atoms with van der Waals surface area (Å²) < 4.78 is 36.4. The molecule has 174 valence electrons. The van der Waals surface area contributed by atoms with Crippen molar-refractivity contribution in [2.24, 2.45) is 0 Å². The molecule has 3 aromatic rings. The van der Waals surface area contributed by atoms with Crippen molar-refractivity contribution in [2.75, 3.05) is 13.7 Å². The van der Waals surface area contributed by atoms with Crippen molar-refractivity contribution in [3.63, 3.8) is 0 Å². The Bertz CT molecular complexity index is 1170. The normalized spacial score (nSPS) is 21.4. The molecule has 0 saturated carbocycles. The molecule has 33 heavy (non-hydrogen) atoms. The summed E-state index contributed by atoms with van der Waals surface area (Å²) in [6, 6.07) is 9.02. The number of hydrogen-bond acceptors (Lipinski definition) is 4. The minimum Gasteiger partial charge on any atom is -0.495 e. The lowest BCUT2D eigenvalue weighted by Crippen LogP contribution is -2.52. The Hall–Kier alpha value is -3.03. The molecule has 7 heteroatoms. The number of likely N-dealkylation sites (tertiary alicyclic amines) is 1. The minimum atomic E-state index is -1.36. The van der Waals surface area contributed by atoms with Crippen LogP contribution in [0.1, 0.15) is 49.6 Å². The SMILES string of the molecule is COc1cc(/C=C2\CCCN([C@H](C)c3c(F)cccc3F)C2(C)O)ccc1-n1cnc(C)c1. The van der Waals surface area contributed by atoms with Gasteiger partial charge in [0.2, 0.25) is 0 Å². The molecule has 1 aromatic heterocycles. The molecule has 0 radical (unpaired) electrons. The zero-order valence-electron chi connectivity index (χ0n) is 19.3. The zero-order valence-corrected chi connectivity index (χ0v) is 19.3. The van der Waals surface area contributed by atoms with Crippen LogP contribution >= 0.6 is 0 Å². The number of methoxy groups -OCH3 is 1. The van der Waals surface area contributed by atoms with Gasteiger partial charge in [-0.3, -0.25) is 4.90 Å². The first kappa shape index (κ1) is 23.1. The number of aryl methyl sites for hydroxylation is 1. The quantitative estimate of drug-likeness (QED) is 0.561. The van der Waals surface area contributed by atoms with Gasteiger partial charge in [0.15, 0.2) is 0 Å². The molecule has 2 heterocycles. The second-order valence-corrected chi connectivity index (χ2v) is 8.65. The number of aromatic nitrogens is 2. The topological polar surface area (TPSA) is 50.5 Å². The minimum absolute atomic E-state index is 0.0272. The summed E-state index contributed by atoms with van der Waals surface area (Å²) in [7, 11) is 1.61. The van der Waals surface area contributed by atoms with E-state index in [2.05, 4.69) is 4.98 Å². The molecule has 2 atom stereocenters. The fourth-order valence-electron chi connectivity index (χ4n) is 4.68. The van der Waals surface area contributed by atoms with Crippen molar-refractivity contribution in [1.29, 1.82) is 0 Å². The molecule has 0 spiro atoms. The molecule has 0 amide bonds. The van der Waals surface area contributed by atoms with E-state index in [1.807, 2.05) is 42.0 Å². The van der Waals surface area contributed by atoms with Gasteiger partial charge in [-0.05, 0) is 69.0 Å². The highest BCUT2D eigenvalue weighted by atomic mass is 19.1. The van der Waals surface area contributed by atoms with Gasteiger partial charge in [-0.1, -0.05) is 18.2 Å². The van der Waals surface area contributed by atoms with Crippen LogP contribution in [0.15, 0.2) is 54.5 Å². The first-order chi connectivity index (χ1) is 15.7. The monoisotopic (exact) mass is 453 g/mol. The van der Waals surface area contributed by atoms with Crippen molar-refractivity contribution >= 4 is 6.08 Å². The molecule has 0 bridgehead atoms. The van der Waals surface area contributed by atoms with E-state index in [1.165, 1.54) is 18.2 Å². The zero-order chi connectivity index (χ0) is 23.8. The van der Waals surface area contributed by atoms with Gasteiger partial charge >= 0.3 is 0 Å².